The first-order valence-corrected chi connectivity index (χ1v) is 5.33. The minimum absolute atomic E-state index is 0.180. The molecule has 1 heterocycles. The maximum Gasteiger partial charge on any atom is 0.494 e. The van der Waals surface area contributed by atoms with E-state index in [1.807, 2.05) is 36.4 Å². The fourth-order valence-electron chi connectivity index (χ4n) is 1.69. The lowest BCUT2D eigenvalue weighted by atomic mass is 9.79. The Morgan fingerprint density at radius 3 is 2.93 bits per heavy atom. The Morgan fingerprint density at radius 2 is 2.20 bits per heavy atom. The molecular weight excluding hydrogens is 187 g/mol. The first-order valence-electron chi connectivity index (χ1n) is 5.33. The van der Waals surface area contributed by atoms with Crippen molar-refractivity contribution in [3.8, 4) is 0 Å². The summed E-state index contributed by atoms with van der Waals surface area (Å²) in [5.41, 5.74) is 1.10. The number of allylic oxidation sites excluding steroid dienone is 1. The van der Waals surface area contributed by atoms with Gasteiger partial charge in [-0.2, -0.15) is 0 Å². The second-order valence-corrected chi connectivity index (χ2v) is 3.70. The van der Waals surface area contributed by atoms with Crippen molar-refractivity contribution in [3.63, 3.8) is 0 Å². The first-order chi connectivity index (χ1) is 7.40. The number of benzene rings is 1. The van der Waals surface area contributed by atoms with E-state index in [0.717, 1.165) is 18.3 Å². The van der Waals surface area contributed by atoms with Crippen molar-refractivity contribution >= 4 is 12.6 Å². The third kappa shape index (κ3) is 2.70. The van der Waals surface area contributed by atoms with E-state index in [1.165, 1.54) is 0 Å². The van der Waals surface area contributed by atoms with E-state index < -0.39 is 0 Å². The summed E-state index contributed by atoms with van der Waals surface area (Å²) in [4.78, 5) is 0. The summed E-state index contributed by atoms with van der Waals surface area (Å²) >= 11 is 0. The third-order valence-corrected chi connectivity index (χ3v) is 2.51. The lowest BCUT2D eigenvalue weighted by Gasteiger charge is -2.07. The molecular formula is C12H15BO2. The Morgan fingerprint density at radius 1 is 1.40 bits per heavy atom. The van der Waals surface area contributed by atoms with Crippen molar-refractivity contribution in [2.75, 3.05) is 6.61 Å². The van der Waals surface area contributed by atoms with Crippen molar-refractivity contribution in [2.45, 2.75) is 18.9 Å². The second kappa shape index (κ2) is 5.15. The minimum Gasteiger partial charge on any atom is -0.405 e. The summed E-state index contributed by atoms with van der Waals surface area (Å²) in [6.45, 7) is 4.39. The van der Waals surface area contributed by atoms with Gasteiger partial charge in [0.15, 0.2) is 0 Å². The maximum atomic E-state index is 5.78. The Kier molecular flexibility index (Phi) is 3.59. The van der Waals surface area contributed by atoms with Crippen molar-refractivity contribution in [1.29, 1.82) is 0 Å². The molecule has 2 nitrogen and oxygen atoms in total. The van der Waals surface area contributed by atoms with Crippen LogP contribution in [0, 0.1) is 0 Å². The molecule has 1 atom stereocenters. The molecule has 2 rings (SSSR count). The molecule has 0 bridgehead atoms. The van der Waals surface area contributed by atoms with Crippen molar-refractivity contribution in [1.82, 2.24) is 0 Å². The monoisotopic (exact) mass is 202 g/mol. The van der Waals surface area contributed by atoms with E-state index in [0.29, 0.717) is 6.61 Å². The minimum atomic E-state index is -0.180. The zero-order chi connectivity index (χ0) is 10.5. The molecule has 1 aliphatic heterocycles. The highest BCUT2D eigenvalue weighted by molar-refractivity contribution is 6.61. The molecule has 0 aromatic heterocycles. The molecule has 0 radical (unpaired) electrons. The lowest BCUT2D eigenvalue weighted by molar-refractivity contribution is 0.224. The van der Waals surface area contributed by atoms with Gasteiger partial charge in [-0.1, -0.05) is 36.4 Å². The highest BCUT2D eigenvalue weighted by Gasteiger charge is 2.32. The maximum absolute atomic E-state index is 5.78. The highest BCUT2D eigenvalue weighted by atomic mass is 16.6. The molecule has 1 saturated heterocycles. The second-order valence-electron chi connectivity index (χ2n) is 3.70. The average molecular weight is 202 g/mol. The number of hydrogen-bond donors (Lipinski definition) is 0. The molecule has 1 fully saturated rings. The third-order valence-electron chi connectivity index (χ3n) is 2.51. The van der Waals surface area contributed by atoms with Gasteiger partial charge in [0.25, 0.3) is 0 Å². The van der Waals surface area contributed by atoms with Crippen LogP contribution < -0.4 is 5.46 Å². The summed E-state index contributed by atoms with van der Waals surface area (Å²) in [6.07, 6.45) is 4.11. The van der Waals surface area contributed by atoms with Crippen LogP contribution >= 0.6 is 0 Å². The molecule has 0 saturated carbocycles. The zero-order valence-corrected chi connectivity index (χ0v) is 8.76. The van der Waals surface area contributed by atoms with E-state index in [4.69, 9.17) is 9.31 Å². The molecule has 3 heteroatoms. The van der Waals surface area contributed by atoms with Gasteiger partial charge in [-0.25, -0.2) is 0 Å². The van der Waals surface area contributed by atoms with Crippen LogP contribution in [0.5, 0.6) is 0 Å². The Hall–Kier alpha value is -1.06. The summed E-state index contributed by atoms with van der Waals surface area (Å²) in [5, 5.41) is 0. The van der Waals surface area contributed by atoms with Crippen LogP contribution in [-0.4, -0.2) is 19.8 Å². The summed E-state index contributed by atoms with van der Waals surface area (Å²) in [6, 6.07) is 10.0. The van der Waals surface area contributed by atoms with E-state index in [9.17, 15) is 0 Å². The Labute approximate surface area is 91.0 Å². The topological polar surface area (TPSA) is 18.5 Å². The molecule has 1 aliphatic rings. The van der Waals surface area contributed by atoms with Crippen molar-refractivity contribution in [3.05, 3.63) is 43.0 Å². The molecule has 0 amide bonds. The smallest absolute Gasteiger partial charge is 0.405 e. The summed E-state index contributed by atoms with van der Waals surface area (Å²) < 4.78 is 11.4. The van der Waals surface area contributed by atoms with Gasteiger partial charge in [0.05, 0.1) is 12.7 Å². The van der Waals surface area contributed by atoms with E-state index in [1.54, 1.807) is 0 Å². The van der Waals surface area contributed by atoms with Gasteiger partial charge in [-0.3, -0.25) is 0 Å². The fourth-order valence-corrected chi connectivity index (χ4v) is 1.69. The van der Waals surface area contributed by atoms with Crippen LogP contribution in [0.1, 0.15) is 12.8 Å². The molecule has 0 spiro atoms. The van der Waals surface area contributed by atoms with Gasteiger partial charge in [-0.05, 0) is 18.3 Å². The van der Waals surface area contributed by atoms with Gasteiger partial charge in [0, 0.05) is 0 Å². The van der Waals surface area contributed by atoms with Crippen LogP contribution in [0.4, 0.5) is 0 Å². The van der Waals surface area contributed by atoms with Gasteiger partial charge >= 0.3 is 7.12 Å². The van der Waals surface area contributed by atoms with Crippen LogP contribution in [0.3, 0.4) is 0 Å². The quantitative estimate of drug-likeness (QED) is 0.547. The molecule has 0 aliphatic carbocycles. The fraction of sp³-hybridized carbons (Fsp3) is 0.333. The van der Waals surface area contributed by atoms with Gasteiger partial charge in [0.1, 0.15) is 0 Å². The molecule has 78 valence electrons. The molecule has 15 heavy (non-hydrogen) atoms. The molecule has 0 N–H and O–H groups in total. The van der Waals surface area contributed by atoms with Crippen LogP contribution in [0.2, 0.25) is 0 Å². The van der Waals surface area contributed by atoms with Crippen LogP contribution in [0.25, 0.3) is 0 Å². The largest absolute Gasteiger partial charge is 0.494 e. The van der Waals surface area contributed by atoms with Crippen LogP contribution in [-0.2, 0) is 9.31 Å². The Balaban J connectivity index is 1.90. The van der Waals surface area contributed by atoms with Crippen molar-refractivity contribution < 1.29 is 9.31 Å². The SMILES string of the molecule is C=CCCC1COB(c2ccccc2)O1. The van der Waals surface area contributed by atoms with E-state index in [2.05, 4.69) is 6.58 Å². The summed E-state index contributed by atoms with van der Waals surface area (Å²) in [7, 11) is -0.180. The molecule has 1 unspecified atom stereocenters. The molecule has 1 aromatic rings. The number of hydrogen-bond acceptors (Lipinski definition) is 2. The number of rotatable bonds is 4. The predicted octanol–water partition coefficient (Wildman–Crippen LogP) is 1.76. The predicted molar refractivity (Wildman–Crippen MR) is 62.1 cm³/mol. The van der Waals surface area contributed by atoms with Crippen molar-refractivity contribution in [2.24, 2.45) is 0 Å². The molecule has 1 aromatic carbocycles. The zero-order valence-electron chi connectivity index (χ0n) is 8.76. The Bertz CT molecular complexity index is 313. The van der Waals surface area contributed by atoms with Gasteiger partial charge in [0.2, 0.25) is 0 Å². The first kappa shape index (κ1) is 10.5. The lowest BCUT2D eigenvalue weighted by Crippen LogP contribution is -2.32. The van der Waals surface area contributed by atoms with Gasteiger partial charge < -0.3 is 9.31 Å². The average Bonchev–Trinajstić information content (AvgIpc) is 2.76. The highest BCUT2D eigenvalue weighted by Crippen LogP contribution is 2.13. The normalized spacial score (nSPS) is 20.5. The van der Waals surface area contributed by atoms with E-state index in [-0.39, 0.29) is 13.2 Å². The standard InChI is InChI=1S/C12H15BO2/c1-2-3-9-12-10-14-13(15-12)11-7-5-4-6-8-11/h2,4-8,12H,1,3,9-10H2. The van der Waals surface area contributed by atoms with Crippen LogP contribution in [0.15, 0.2) is 43.0 Å². The summed E-state index contributed by atoms with van der Waals surface area (Å²) in [5.74, 6) is 0. The van der Waals surface area contributed by atoms with E-state index >= 15 is 0 Å². The van der Waals surface area contributed by atoms with Gasteiger partial charge in [-0.15, -0.1) is 6.58 Å².